The average Bonchev–Trinajstić information content (AvgIpc) is 2.78. The Morgan fingerprint density at radius 1 is 1.18 bits per heavy atom. The SMILES string of the molecule is O=c1ccc([C@@H]2O[C@H](COP3(=O)CP(=O)(O)OP(=O)(O)O3)C(O)[C@@H]2O)c(F)[nH]1. The molecule has 2 saturated heterocycles. The van der Waals surface area contributed by atoms with Gasteiger partial charge in [0.15, 0.2) is 11.9 Å². The quantitative estimate of drug-likeness (QED) is 0.299. The van der Waals surface area contributed by atoms with Crippen LogP contribution in [0.1, 0.15) is 11.7 Å². The molecule has 3 heterocycles. The second-order valence-corrected chi connectivity index (χ2v) is 12.1. The lowest BCUT2D eigenvalue weighted by Crippen LogP contribution is -2.33. The summed E-state index contributed by atoms with van der Waals surface area (Å²) < 4.78 is 67.5. The Balaban J connectivity index is 1.73. The van der Waals surface area contributed by atoms with Crippen molar-refractivity contribution < 1.29 is 56.0 Å². The van der Waals surface area contributed by atoms with Gasteiger partial charge in [0.05, 0.1) is 6.61 Å². The molecule has 0 saturated carbocycles. The molecule has 13 nitrogen and oxygen atoms in total. The highest BCUT2D eigenvalue weighted by Gasteiger charge is 2.53. The summed E-state index contributed by atoms with van der Waals surface area (Å²) in [7, 11) is -14.5. The van der Waals surface area contributed by atoms with E-state index in [1.165, 1.54) is 0 Å². The van der Waals surface area contributed by atoms with Crippen molar-refractivity contribution in [3.8, 4) is 0 Å². The molecule has 28 heavy (non-hydrogen) atoms. The Morgan fingerprint density at radius 2 is 1.86 bits per heavy atom. The number of H-pyrrole nitrogens is 1. The van der Waals surface area contributed by atoms with Gasteiger partial charge in [-0.05, 0) is 6.07 Å². The molecule has 0 radical (unpaired) electrons. The van der Waals surface area contributed by atoms with Crippen LogP contribution >= 0.6 is 23.0 Å². The van der Waals surface area contributed by atoms with E-state index < -0.39 is 71.4 Å². The van der Waals surface area contributed by atoms with E-state index in [4.69, 9.17) is 9.26 Å². The first-order chi connectivity index (χ1) is 12.8. The van der Waals surface area contributed by atoms with Crippen LogP contribution in [0.3, 0.4) is 0 Å². The van der Waals surface area contributed by atoms with Gasteiger partial charge in [0.1, 0.15) is 24.4 Å². The second-order valence-electron chi connectivity index (χ2n) is 5.99. The maximum Gasteiger partial charge on any atom is 0.486 e. The molecule has 2 aliphatic heterocycles. The van der Waals surface area contributed by atoms with Gasteiger partial charge in [0.2, 0.25) is 5.56 Å². The van der Waals surface area contributed by atoms with E-state index in [2.05, 4.69) is 8.62 Å². The number of nitrogens with one attached hydrogen (secondary N) is 1. The zero-order chi connectivity index (χ0) is 20.9. The Kier molecular flexibility index (Phi) is 5.88. The minimum Gasteiger partial charge on any atom is -0.387 e. The molecule has 1 aromatic heterocycles. The van der Waals surface area contributed by atoms with Gasteiger partial charge in [0.25, 0.3) is 0 Å². The zero-order valence-electron chi connectivity index (χ0n) is 13.7. The number of aliphatic hydroxyl groups excluding tert-OH is 2. The van der Waals surface area contributed by atoms with Crippen LogP contribution in [0.5, 0.6) is 0 Å². The van der Waals surface area contributed by atoms with Crippen LogP contribution in [0, 0.1) is 5.95 Å². The van der Waals surface area contributed by atoms with Gasteiger partial charge in [-0.25, -0.2) is 13.2 Å². The summed E-state index contributed by atoms with van der Waals surface area (Å²) in [5, 5.41) is 20.1. The first-order valence-corrected chi connectivity index (χ1v) is 12.5. The molecule has 7 atom stereocenters. The summed E-state index contributed by atoms with van der Waals surface area (Å²) in [5.74, 6) is -2.33. The number of aromatic nitrogens is 1. The minimum atomic E-state index is -5.13. The third-order valence-corrected chi connectivity index (χ3v) is 10.8. The third kappa shape index (κ3) is 4.69. The standard InChI is InChI=1S/C11H15FNO12P3/c12-11-5(1-2-7(14)13-11)10-9(16)8(15)6(23-10)3-22-27(19)4-26(17,18)24-28(20,21)25-27/h1-2,6,8-10,15-16H,3-4H2,(H,13,14)(H,17,18)(H,20,21)/t6-,8?,9+,10+,27?/m1/s1. The lowest BCUT2D eigenvalue weighted by Gasteiger charge is -2.28. The van der Waals surface area contributed by atoms with E-state index in [1.54, 1.807) is 0 Å². The van der Waals surface area contributed by atoms with Crippen molar-refractivity contribution in [2.24, 2.45) is 0 Å². The highest BCUT2D eigenvalue weighted by molar-refractivity contribution is 7.81. The molecule has 158 valence electrons. The van der Waals surface area contributed by atoms with Crippen LogP contribution in [-0.4, -0.2) is 55.8 Å². The summed E-state index contributed by atoms with van der Waals surface area (Å²) in [4.78, 5) is 31.5. The van der Waals surface area contributed by atoms with Crippen molar-refractivity contribution in [2.75, 3.05) is 12.5 Å². The maximum atomic E-state index is 13.9. The summed E-state index contributed by atoms with van der Waals surface area (Å²) >= 11 is 0. The summed E-state index contributed by atoms with van der Waals surface area (Å²) in [6, 6.07) is 2.00. The van der Waals surface area contributed by atoms with E-state index >= 15 is 0 Å². The lowest BCUT2D eigenvalue weighted by molar-refractivity contribution is -0.0199. The molecule has 3 rings (SSSR count). The number of rotatable bonds is 4. The van der Waals surface area contributed by atoms with Gasteiger partial charge >= 0.3 is 23.0 Å². The van der Waals surface area contributed by atoms with Gasteiger partial charge < -0.3 is 29.3 Å². The highest BCUT2D eigenvalue weighted by atomic mass is 31.3. The Labute approximate surface area is 155 Å². The molecule has 17 heteroatoms. The van der Waals surface area contributed by atoms with Crippen molar-refractivity contribution in [3.05, 3.63) is 34.0 Å². The molecule has 1 aromatic rings. The van der Waals surface area contributed by atoms with Gasteiger partial charge in [-0.3, -0.25) is 18.9 Å². The van der Waals surface area contributed by atoms with Crippen molar-refractivity contribution in [1.82, 2.24) is 4.98 Å². The van der Waals surface area contributed by atoms with Crippen LogP contribution in [-0.2, 0) is 31.6 Å². The molecule has 5 N–H and O–H groups in total. The summed E-state index contributed by atoms with van der Waals surface area (Å²) in [6.07, 6.45) is -6.19. The van der Waals surface area contributed by atoms with E-state index in [-0.39, 0.29) is 5.56 Å². The maximum absolute atomic E-state index is 13.9. The van der Waals surface area contributed by atoms with Crippen molar-refractivity contribution in [2.45, 2.75) is 24.4 Å². The number of pyridine rings is 1. The normalized spacial score (nSPS) is 43.9. The van der Waals surface area contributed by atoms with Gasteiger partial charge in [-0.15, -0.1) is 0 Å². The van der Waals surface area contributed by atoms with Crippen molar-refractivity contribution in [1.29, 1.82) is 0 Å². The Hall–Kier alpha value is -0.750. The predicted molar refractivity (Wildman–Crippen MR) is 86.9 cm³/mol. The van der Waals surface area contributed by atoms with Crippen LogP contribution < -0.4 is 5.56 Å². The molecule has 4 unspecified atom stereocenters. The fourth-order valence-electron chi connectivity index (χ4n) is 2.68. The van der Waals surface area contributed by atoms with Crippen LogP contribution in [0.15, 0.2) is 16.9 Å². The number of ether oxygens (including phenoxy) is 1. The third-order valence-electron chi connectivity index (χ3n) is 3.82. The van der Waals surface area contributed by atoms with Crippen LogP contribution in [0.4, 0.5) is 4.39 Å². The number of aliphatic hydroxyl groups is 2. The smallest absolute Gasteiger partial charge is 0.387 e. The Morgan fingerprint density at radius 3 is 2.46 bits per heavy atom. The summed E-state index contributed by atoms with van der Waals surface area (Å²) in [6.45, 7) is -0.809. The fourth-order valence-corrected chi connectivity index (χ4v) is 9.60. The first-order valence-electron chi connectivity index (χ1n) is 7.52. The number of aromatic amines is 1. The molecule has 0 aromatic carbocycles. The monoisotopic (exact) mass is 465 g/mol. The number of phosphoric acid groups is 1. The van der Waals surface area contributed by atoms with E-state index in [1.807, 2.05) is 4.98 Å². The summed E-state index contributed by atoms with van der Waals surface area (Å²) in [5.41, 5.74) is -1.02. The average molecular weight is 465 g/mol. The van der Waals surface area contributed by atoms with E-state index in [0.29, 0.717) is 0 Å². The van der Waals surface area contributed by atoms with Crippen molar-refractivity contribution >= 4 is 23.0 Å². The molecule has 0 spiro atoms. The largest absolute Gasteiger partial charge is 0.486 e. The number of hydrogen-bond acceptors (Lipinski definition) is 10. The van der Waals surface area contributed by atoms with Crippen LogP contribution in [0.25, 0.3) is 0 Å². The minimum absolute atomic E-state index is 0.276. The Bertz CT molecular complexity index is 938. The predicted octanol–water partition coefficient (Wildman–Crippen LogP) is 0.175. The zero-order valence-corrected chi connectivity index (χ0v) is 16.3. The lowest BCUT2D eigenvalue weighted by atomic mass is 10.0. The number of halogens is 1. The molecular weight excluding hydrogens is 450 g/mol. The topological polar surface area (TPSA) is 202 Å². The molecule has 0 bridgehead atoms. The molecule has 2 fully saturated rings. The van der Waals surface area contributed by atoms with E-state index in [9.17, 15) is 42.9 Å². The van der Waals surface area contributed by atoms with Gasteiger partial charge in [0, 0.05) is 11.6 Å². The fraction of sp³-hybridized carbons (Fsp3) is 0.545. The van der Waals surface area contributed by atoms with Crippen molar-refractivity contribution in [3.63, 3.8) is 0 Å². The van der Waals surface area contributed by atoms with Gasteiger partial charge in [-0.1, -0.05) is 0 Å². The second kappa shape index (κ2) is 7.50. The molecular formula is C11H15FNO12P3. The van der Waals surface area contributed by atoms with E-state index in [0.717, 1.165) is 12.1 Å². The van der Waals surface area contributed by atoms with Gasteiger partial charge in [-0.2, -0.15) is 4.39 Å². The number of hydrogen-bond donors (Lipinski definition) is 5. The molecule has 2 aliphatic rings. The molecule has 0 aliphatic carbocycles. The first kappa shape index (κ1) is 21.9. The van der Waals surface area contributed by atoms with Crippen LogP contribution in [0.2, 0.25) is 0 Å². The highest BCUT2D eigenvalue weighted by Crippen LogP contribution is 2.78. The molecule has 0 amide bonds.